The van der Waals surface area contributed by atoms with Gasteiger partial charge in [0.05, 0.1) is 10.2 Å². The Balaban J connectivity index is 1.43. The van der Waals surface area contributed by atoms with E-state index in [1.165, 1.54) is 36.8 Å². The minimum Gasteiger partial charge on any atom is -0.483 e. The second-order valence-corrected chi connectivity index (χ2v) is 8.33. The lowest BCUT2D eigenvalue weighted by atomic mass is 9.89. The topological polar surface area (TPSA) is 46.5 Å². The molecule has 4 nitrogen and oxygen atoms in total. The maximum Gasteiger partial charge on any atom is 0.183 e. The molecule has 4 rings (SSSR count). The van der Waals surface area contributed by atoms with Crippen molar-refractivity contribution in [2.45, 2.75) is 51.0 Å². The molecule has 0 radical (unpaired) electrons. The molecule has 1 atom stereocenters. The van der Waals surface area contributed by atoms with Crippen LogP contribution in [-0.2, 0) is 0 Å². The van der Waals surface area contributed by atoms with Gasteiger partial charge in [0.25, 0.3) is 0 Å². The van der Waals surface area contributed by atoms with Gasteiger partial charge in [-0.1, -0.05) is 30.6 Å². The number of nitrogens with zero attached hydrogens (tertiary/aromatic N) is 2. The summed E-state index contributed by atoms with van der Waals surface area (Å²) in [7, 11) is 0. The van der Waals surface area contributed by atoms with E-state index in [1.54, 1.807) is 11.3 Å². The van der Waals surface area contributed by atoms with Crippen molar-refractivity contribution in [3.8, 4) is 5.75 Å². The molecule has 0 spiro atoms. The van der Waals surface area contributed by atoms with Crippen molar-refractivity contribution >= 4 is 32.9 Å². The van der Waals surface area contributed by atoms with E-state index in [0.717, 1.165) is 35.3 Å². The number of aliphatic imine (C=N–C) groups is 1. The van der Waals surface area contributed by atoms with Gasteiger partial charge in [-0.25, -0.2) is 4.98 Å². The quantitative estimate of drug-likeness (QED) is 0.779. The SMILES string of the molecule is CC1(Oc2ccc3nc(NCC4CCCCC4)sc3c2)C=CN=CC1. The Kier molecular flexibility index (Phi) is 4.75. The number of nitrogens with one attached hydrogen (secondary N) is 1. The molecule has 1 saturated carbocycles. The highest BCUT2D eigenvalue weighted by atomic mass is 32.1. The number of ether oxygens (including phenoxy) is 1. The lowest BCUT2D eigenvalue weighted by molar-refractivity contribution is 0.149. The van der Waals surface area contributed by atoms with Gasteiger partial charge in [0.1, 0.15) is 11.4 Å². The van der Waals surface area contributed by atoms with Crippen LogP contribution in [0, 0.1) is 5.92 Å². The number of benzene rings is 1. The largest absolute Gasteiger partial charge is 0.483 e. The van der Waals surface area contributed by atoms with Gasteiger partial charge in [0.15, 0.2) is 5.13 Å². The molecular weight excluding hydrogens is 330 g/mol. The van der Waals surface area contributed by atoms with Gasteiger partial charge in [-0.05, 0) is 50.0 Å². The summed E-state index contributed by atoms with van der Waals surface area (Å²) in [5.41, 5.74) is 0.719. The number of fused-ring (bicyclic) bond motifs is 1. The van der Waals surface area contributed by atoms with Gasteiger partial charge < -0.3 is 10.1 Å². The van der Waals surface area contributed by atoms with Gasteiger partial charge in [0, 0.05) is 25.4 Å². The van der Waals surface area contributed by atoms with Crippen molar-refractivity contribution in [2.75, 3.05) is 11.9 Å². The number of aromatic nitrogens is 1. The lowest BCUT2D eigenvalue weighted by Gasteiger charge is -2.27. The predicted octanol–water partition coefficient (Wildman–Crippen LogP) is 5.41. The Morgan fingerprint density at radius 3 is 2.96 bits per heavy atom. The third kappa shape index (κ3) is 4.03. The first kappa shape index (κ1) is 16.6. The summed E-state index contributed by atoms with van der Waals surface area (Å²) >= 11 is 1.71. The van der Waals surface area contributed by atoms with Gasteiger partial charge in [0.2, 0.25) is 0 Å². The van der Waals surface area contributed by atoms with Crippen molar-refractivity contribution in [3.63, 3.8) is 0 Å². The van der Waals surface area contributed by atoms with Crippen molar-refractivity contribution in [2.24, 2.45) is 10.9 Å². The summed E-state index contributed by atoms with van der Waals surface area (Å²) in [5.74, 6) is 1.69. The van der Waals surface area contributed by atoms with Crippen LogP contribution in [-0.4, -0.2) is 23.3 Å². The van der Waals surface area contributed by atoms with Crippen LogP contribution < -0.4 is 10.1 Å². The Morgan fingerprint density at radius 2 is 2.16 bits per heavy atom. The van der Waals surface area contributed by atoms with Crippen LogP contribution >= 0.6 is 11.3 Å². The second kappa shape index (κ2) is 7.16. The molecule has 5 heteroatoms. The molecule has 1 fully saturated rings. The molecule has 1 aromatic heterocycles. The fourth-order valence-corrected chi connectivity index (χ4v) is 4.48. The van der Waals surface area contributed by atoms with Gasteiger partial charge in [-0.15, -0.1) is 0 Å². The third-order valence-corrected chi connectivity index (χ3v) is 6.07. The monoisotopic (exact) mass is 355 g/mol. The average Bonchev–Trinajstić information content (AvgIpc) is 3.03. The molecule has 2 aromatic rings. The van der Waals surface area contributed by atoms with Crippen molar-refractivity contribution in [1.29, 1.82) is 0 Å². The molecule has 0 bridgehead atoms. The molecular formula is C20H25N3OS. The maximum absolute atomic E-state index is 6.20. The first-order valence-corrected chi connectivity index (χ1v) is 10.0. The van der Waals surface area contributed by atoms with Crippen LogP contribution in [0.25, 0.3) is 10.2 Å². The van der Waals surface area contributed by atoms with E-state index in [9.17, 15) is 0 Å². The molecule has 25 heavy (non-hydrogen) atoms. The first-order valence-electron chi connectivity index (χ1n) is 9.23. The molecule has 0 amide bonds. The van der Waals surface area contributed by atoms with Crippen LogP contribution in [0.15, 0.2) is 35.5 Å². The van der Waals surface area contributed by atoms with Crippen molar-refractivity contribution in [1.82, 2.24) is 4.98 Å². The first-order chi connectivity index (χ1) is 12.2. The van der Waals surface area contributed by atoms with E-state index in [-0.39, 0.29) is 5.60 Å². The third-order valence-electron chi connectivity index (χ3n) is 5.09. The molecule has 2 aliphatic rings. The Morgan fingerprint density at radius 1 is 1.28 bits per heavy atom. The zero-order valence-corrected chi connectivity index (χ0v) is 15.5. The van der Waals surface area contributed by atoms with Crippen molar-refractivity contribution in [3.05, 3.63) is 30.5 Å². The zero-order valence-electron chi connectivity index (χ0n) is 14.7. The fraction of sp³-hybridized carbons (Fsp3) is 0.500. The van der Waals surface area contributed by atoms with Crippen LogP contribution in [0.1, 0.15) is 45.4 Å². The van der Waals surface area contributed by atoms with Crippen LogP contribution in [0.2, 0.25) is 0 Å². The minimum atomic E-state index is -0.317. The Bertz CT molecular complexity index is 791. The molecule has 1 N–H and O–H groups in total. The number of hydrogen-bond acceptors (Lipinski definition) is 5. The zero-order chi connectivity index (χ0) is 17.1. The molecule has 1 aromatic carbocycles. The fourth-order valence-electron chi connectivity index (χ4n) is 3.58. The number of anilines is 1. The Hall–Kier alpha value is -1.88. The summed E-state index contributed by atoms with van der Waals surface area (Å²) < 4.78 is 7.36. The lowest BCUT2D eigenvalue weighted by Crippen LogP contribution is -2.31. The summed E-state index contributed by atoms with van der Waals surface area (Å²) in [6, 6.07) is 6.17. The molecule has 0 saturated heterocycles. The highest BCUT2D eigenvalue weighted by Gasteiger charge is 2.24. The van der Waals surface area contributed by atoms with Crippen LogP contribution in [0.3, 0.4) is 0 Å². The number of rotatable bonds is 5. The minimum absolute atomic E-state index is 0.317. The highest BCUT2D eigenvalue weighted by molar-refractivity contribution is 7.22. The van der Waals surface area contributed by atoms with Gasteiger partial charge in [-0.2, -0.15) is 0 Å². The average molecular weight is 356 g/mol. The van der Waals surface area contributed by atoms with Crippen LogP contribution in [0.5, 0.6) is 5.75 Å². The smallest absolute Gasteiger partial charge is 0.183 e. The van der Waals surface area contributed by atoms with Gasteiger partial charge in [-0.3, -0.25) is 4.99 Å². The number of hydrogen-bond donors (Lipinski definition) is 1. The van der Waals surface area contributed by atoms with E-state index >= 15 is 0 Å². The highest BCUT2D eigenvalue weighted by Crippen LogP contribution is 2.32. The molecule has 1 unspecified atom stereocenters. The predicted molar refractivity (Wildman–Crippen MR) is 106 cm³/mol. The molecule has 1 aliphatic carbocycles. The van der Waals surface area contributed by atoms with Crippen LogP contribution in [0.4, 0.5) is 5.13 Å². The maximum atomic E-state index is 6.20. The number of thiazole rings is 1. The van der Waals surface area contributed by atoms with E-state index < -0.39 is 0 Å². The second-order valence-electron chi connectivity index (χ2n) is 7.30. The van der Waals surface area contributed by atoms with Gasteiger partial charge >= 0.3 is 0 Å². The van der Waals surface area contributed by atoms with E-state index in [4.69, 9.17) is 9.72 Å². The summed E-state index contributed by atoms with van der Waals surface area (Å²) in [6.45, 7) is 3.13. The van der Waals surface area contributed by atoms with E-state index in [2.05, 4.69) is 29.4 Å². The van der Waals surface area contributed by atoms with E-state index in [0.29, 0.717) is 0 Å². The van der Waals surface area contributed by atoms with Crippen molar-refractivity contribution < 1.29 is 4.74 Å². The normalized spacial score (nSPS) is 23.9. The summed E-state index contributed by atoms with van der Waals surface area (Å²) in [6.07, 6.45) is 13.4. The standard InChI is InChI=1S/C20H25N3OS/c1-20(9-11-21-12-10-20)24-16-7-8-17-18(13-16)25-19(23-17)22-14-15-5-3-2-4-6-15/h7-9,11-13,15H,2-6,10,14H2,1H3,(H,22,23). The molecule has 2 heterocycles. The van der Waals surface area contributed by atoms with E-state index in [1.807, 2.05) is 24.6 Å². The Labute approximate surface area is 153 Å². The summed E-state index contributed by atoms with van der Waals surface area (Å²) in [4.78, 5) is 8.84. The molecule has 1 aliphatic heterocycles. The molecule has 132 valence electrons. The summed E-state index contributed by atoms with van der Waals surface area (Å²) in [5, 5.41) is 4.57.